The number of hydrogen-bond acceptors (Lipinski definition) is 3. The summed E-state index contributed by atoms with van der Waals surface area (Å²) >= 11 is 0. The number of pyridine rings is 1. The Morgan fingerprint density at radius 1 is 1.44 bits per heavy atom. The van der Waals surface area contributed by atoms with Crippen molar-refractivity contribution in [2.24, 2.45) is 5.92 Å². The van der Waals surface area contributed by atoms with Gasteiger partial charge in [-0.2, -0.15) is 0 Å². The molecule has 0 radical (unpaired) electrons. The number of nitrogens with one attached hydrogen (secondary N) is 1. The first-order valence-electron chi connectivity index (χ1n) is 5.42. The summed E-state index contributed by atoms with van der Waals surface area (Å²) < 4.78 is 0. The highest BCUT2D eigenvalue weighted by atomic mass is 16.2. The lowest BCUT2D eigenvalue weighted by Gasteiger charge is -2.11. The van der Waals surface area contributed by atoms with Crippen molar-refractivity contribution in [1.82, 2.24) is 9.88 Å². The molecule has 1 aromatic heterocycles. The molecular formula is C12H19N3O. The van der Waals surface area contributed by atoms with E-state index in [2.05, 4.69) is 24.1 Å². The van der Waals surface area contributed by atoms with Crippen LogP contribution in [0.3, 0.4) is 0 Å². The summed E-state index contributed by atoms with van der Waals surface area (Å²) in [7, 11) is 3.46. The van der Waals surface area contributed by atoms with Crippen molar-refractivity contribution in [1.29, 1.82) is 0 Å². The minimum Gasteiger partial charge on any atom is -0.370 e. The Morgan fingerprint density at radius 3 is 2.56 bits per heavy atom. The molecule has 0 bridgehead atoms. The zero-order chi connectivity index (χ0) is 12.1. The fourth-order valence-electron chi connectivity index (χ4n) is 1.19. The van der Waals surface area contributed by atoms with Crippen LogP contribution in [0.1, 0.15) is 24.2 Å². The highest BCUT2D eigenvalue weighted by molar-refractivity contribution is 5.93. The number of carbonyl (C=O) groups excluding carboxylic acids is 1. The van der Waals surface area contributed by atoms with Crippen LogP contribution in [0.2, 0.25) is 0 Å². The summed E-state index contributed by atoms with van der Waals surface area (Å²) in [6.07, 6.45) is 1.60. The molecule has 0 spiro atoms. The lowest BCUT2D eigenvalue weighted by Crippen LogP contribution is -2.21. The molecule has 4 heteroatoms. The standard InChI is InChI=1S/C12H19N3O/c1-9(2)7-13-11-6-5-10(8-14-11)12(16)15(3)4/h5-6,8-9H,7H2,1-4H3,(H,13,14). The quantitative estimate of drug-likeness (QED) is 0.844. The van der Waals surface area contributed by atoms with Gasteiger partial charge in [-0.25, -0.2) is 4.98 Å². The van der Waals surface area contributed by atoms with Crippen LogP contribution in [0, 0.1) is 5.92 Å². The molecule has 1 rings (SSSR count). The number of anilines is 1. The first kappa shape index (κ1) is 12.5. The molecule has 0 aliphatic heterocycles. The van der Waals surface area contributed by atoms with E-state index in [1.807, 2.05) is 6.07 Å². The maximum absolute atomic E-state index is 11.6. The molecule has 0 aliphatic carbocycles. The lowest BCUT2D eigenvalue weighted by atomic mass is 10.2. The van der Waals surface area contributed by atoms with E-state index in [4.69, 9.17) is 0 Å². The number of carbonyl (C=O) groups is 1. The van der Waals surface area contributed by atoms with Crippen LogP contribution in [0.5, 0.6) is 0 Å². The molecule has 16 heavy (non-hydrogen) atoms. The third-order valence-corrected chi connectivity index (χ3v) is 2.11. The Labute approximate surface area is 96.7 Å². The highest BCUT2D eigenvalue weighted by Crippen LogP contribution is 2.07. The maximum atomic E-state index is 11.6. The van der Waals surface area contributed by atoms with Gasteiger partial charge in [-0.15, -0.1) is 0 Å². The van der Waals surface area contributed by atoms with Gasteiger partial charge >= 0.3 is 0 Å². The molecule has 1 amide bonds. The topological polar surface area (TPSA) is 45.2 Å². The third-order valence-electron chi connectivity index (χ3n) is 2.11. The molecule has 0 saturated carbocycles. The normalized spacial score (nSPS) is 10.3. The molecule has 1 N–H and O–H groups in total. The predicted octanol–water partition coefficient (Wildman–Crippen LogP) is 1.85. The average molecular weight is 221 g/mol. The Kier molecular flexibility index (Phi) is 4.28. The fraction of sp³-hybridized carbons (Fsp3) is 0.500. The van der Waals surface area contributed by atoms with E-state index >= 15 is 0 Å². The first-order chi connectivity index (χ1) is 7.50. The largest absolute Gasteiger partial charge is 0.370 e. The van der Waals surface area contributed by atoms with Crippen LogP contribution in [0.4, 0.5) is 5.82 Å². The minimum absolute atomic E-state index is 0.0251. The van der Waals surface area contributed by atoms with Gasteiger partial charge in [0.2, 0.25) is 0 Å². The molecular weight excluding hydrogens is 202 g/mol. The molecule has 1 aromatic rings. The summed E-state index contributed by atoms with van der Waals surface area (Å²) in [5, 5.41) is 3.20. The average Bonchev–Trinajstić information content (AvgIpc) is 2.26. The van der Waals surface area contributed by atoms with Crippen LogP contribution >= 0.6 is 0 Å². The van der Waals surface area contributed by atoms with Crippen molar-refractivity contribution in [3.63, 3.8) is 0 Å². The summed E-state index contributed by atoms with van der Waals surface area (Å²) in [6, 6.07) is 3.62. The van der Waals surface area contributed by atoms with Crippen LogP contribution in [-0.2, 0) is 0 Å². The van der Waals surface area contributed by atoms with Gasteiger partial charge in [-0.05, 0) is 18.1 Å². The maximum Gasteiger partial charge on any atom is 0.254 e. The van der Waals surface area contributed by atoms with Gasteiger partial charge in [-0.1, -0.05) is 13.8 Å². The second kappa shape index (κ2) is 5.49. The van der Waals surface area contributed by atoms with E-state index in [0.29, 0.717) is 11.5 Å². The number of amides is 1. The van der Waals surface area contributed by atoms with E-state index in [1.54, 1.807) is 26.4 Å². The Morgan fingerprint density at radius 2 is 2.12 bits per heavy atom. The molecule has 0 fully saturated rings. The molecule has 0 aromatic carbocycles. The Bertz CT molecular complexity index is 344. The zero-order valence-electron chi connectivity index (χ0n) is 10.3. The molecule has 0 atom stereocenters. The summed E-state index contributed by atoms with van der Waals surface area (Å²) in [6.45, 7) is 5.15. The molecule has 0 unspecified atom stereocenters. The monoisotopic (exact) mass is 221 g/mol. The minimum atomic E-state index is -0.0251. The zero-order valence-corrected chi connectivity index (χ0v) is 10.3. The second-order valence-electron chi connectivity index (χ2n) is 4.41. The van der Waals surface area contributed by atoms with E-state index in [-0.39, 0.29) is 5.91 Å². The van der Waals surface area contributed by atoms with Gasteiger partial charge in [0.25, 0.3) is 5.91 Å². The van der Waals surface area contributed by atoms with Gasteiger partial charge in [0.1, 0.15) is 5.82 Å². The molecule has 4 nitrogen and oxygen atoms in total. The van der Waals surface area contributed by atoms with Crippen molar-refractivity contribution >= 4 is 11.7 Å². The Balaban J connectivity index is 2.64. The first-order valence-corrected chi connectivity index (χ1v) is 5.42. The van der Waals surface area contributed by atoms with Crippen molar-refractivity contribution in [3.05, 3.63) is 23.9 Å². The van der Waals surface area contributed by atoms with Gasteiger partial charge in [0.05, 0.1) is 5.56 Å². The van der Waals surface area contributed by atoms with E-state index in [1.165, 1.54) is 4.90 Å². The SMILES string of the molecule is CC(C)CNc1ccc(C(=O)N(C)C)cn1. The Hall–Kier alpha value is -1.58. The van der Waals surface area contributed by atoms with E-state index in [9.17, 15) is 4.79 Å². The van der Waals surface area contributed by atoms with Crippen LogP contribution < -0.4 is 5.32 Å². The predicted molar refractivity (Wildman–Crippen MR) is 65.6 cm³/mol. The molecule has 1 heterocycles. The lowest BCUT2D eigenvalue weighted by molar-refractivity contribution is 0.0827. The molecule has 0 saturated heterocycles. The van der Waals surface area contributed by atoms with Crippen LogP contribution in [0.25, 0.3) is 0 Å². The summed E-state index contributed by atoms with van der Waals surface area (Å²) in [4.78, 5) is 17.3. The summed E-state index contributed by atoms with van der Waals surface area (Å²) in [5.74, 6) is 1.36. The smallest absolute Gasteiger partial charge is 0.254 e. The van der Waals surface area contributed by atoms with Crippen molar-refractivity contribution in [2.75, 3.05) is 26.0 Å². The van der Waals surface area contributed by atoms with Gasteiger partial charge < -0.3 is 10.2 Å². The number of aromatic nitrogens is 1. The van der Waals surface area contributed by atoms with Crippen molar-refractivity contribution in [3.8, 4) is 0 Å². The van der Waals surface area contributed by atoms with Crippen molar-refractivity contribution < 1.29 is 4.79 Å². The van der Waals surface area contributed by atoms with Crippen LogP contribution in [0.15, 0.2) is 18.3 Å². The number of hydrogen-bond donors (Lipinski definition) is 1. The van der Waals surface area contributed by atoms with Gasteiger partial charge in [0, 0.05) is 26.8 Å². The van der Waals surface area contributed by atoms with Gasteiger partial charge in [-0.3, -0.25) is 4.79 Å². The highest BCUT2D eigenvalue weighted by Gasteiger charge is 2.07. The second-order valence-corrected chi connectivity index (χ2v) is 4.41. The van der Waals surface area contributed by atoms with Crippen LogP contribution in [-0.4, -0.2) is 36.4 Å². The van der Waals surface area contributed by atoms with E-state index < -0.39 is 0 Å². The number of nitrogens with zero attached hydrogens (tertiary/aromatic N) is 2. The summed E-state index contributed by atoms with van der Waals surface area (Å²) in [5.41, 5.74) is 0.611. The van der Waals surface area contributed by atoms with Crippen molar-refractivity contribution in [2.45, 2.75) is 13.8 Å². The molecule has 0 aliphatic rings. The third kappa shape index (κ3) is 3.53. The fourth-order valence-corrected chi connectivity index (χ4v) is 1.19. The van der Waals surface area contributed by atoms with E-state index in [0.717, 1.165) is 12.4 Å². The number of rotatable bonds is 4. The van der Waals surface area contributed by atoms with Gasteiger partial charge in [0.15, 0.2) is 0 Å². The molecule has 88 valence electrons.